The molecule has 1 rings (SSSR count). The molecule has 0 saturated carbocycles. The van der Waals surface area contributed by atoms with Gasteiger partial charge in [-0.3, -0.25) is 0 Å². The van der Waals surface area contributed by atoms with Crippen molar-refractivity contribution in [1.29, 1.82) is 0 Å². The van der Waals surface area contributed by atoms with Gasteiger partial charge in [0, 0.05) is 0 Å². The van der Waals surface area contributed by atoms with Crippen LogP contribution >= 0.6 is 0 Å². The molecule has 1 aromatic rings. The summed E-state index contributed by atoms with van der Waals surface area (Å²) >= 11 is 0. The SMILES string of the molecule is CC(C)C(C)C.Oc1ccccc1O. The average Bonchev–Trinajstić information content (AvgIpc) is 2.11. The highest BCUT2D eigenvalue weighted by Crippen LogP contribution is 2.21. The lowest BCUT2D eigenvalue weighted by molar-refractivity contribution is 0.404. The molecule has 0 atom stereocenters. The van der Waals surface area contributed by atoms with Gasteiger partial charge in [-0.15, -0.1) is 0 Å². The molecule has 0 aromatic heterocycles. The molecule has 0 amide bonds. The maximum atomic E-state index is 8.67. The number of benzene rings is 1. The van der Waals surface area contributed by atoms with Crippen LogP contribution in [-0.2, 0) is 0 Å². The number of hydrogen-bond acceptors (Lipinski definition) is 2. The molecule has 0 radical (unpaired) electrons. The van der Waals surface area contributed by atoms with Crippen molar-refractivity contribution in [2.45, 2.75) is 27.7 Å². The molecule has 14 heavy (non-hydrogen) atoms. The van der Waals surface area contributed by atoms with Gasteiger partial charge < -0.3 is 10.2 Å². The average molecular weight is 196 g/mol. The molecular weight excluding hydrogens is 176 g/mol. The van der Waals surface area contributed by atoms with Crippen LogP contribution in [0.1, 0.15) is 27.7 Å². The van der Waals surface area contributed by atoms with Gasteiger partial charge in [-0.25, -0.2) is 0 Å². The fourth-order valence-electron chi connectivity index (χ4n) is 0.464. The van der Waals surface area contributed by atoms with Crippen LogP contribution in [0.4, 0.5) is 0 Å². The smallest absolute Gasteiger partial charge is 0.157 e. The van der Waals surface area contributed by atoms with Crippen LogP contribution in [0.2, 0.25) is 0 Å². The van der Waals surface area contributed by atoms with Crippen LogP contribution < -0.4 is 0 Å². The van der Waals surface area contributed by atoms with E-state index in [4.69, 9.17) is 10.2 Å². The minimum absolute atomic E-state index is 0.0764. The summed E-state index contributed by atoms with van der Waals surface area (Å²) < 4.78 is 0. The molecule has 0 aliphatic carbocycles. The summed E-state index contributed by atoms with van der Waals surface area (Å²) in [6, 6.07) is 6.15. The fourth-order valence-corrected chi connectivity index (χ4v) is 0.464. The van der Waals surface area contributed by atoms with E-state index in [0.717, 1.165) is 11.8 Å². The number of para-hydroxylation sites is 2. The Morgan fingerprint density at radius 3 is 1.21 bits per heavy atom. The Morgan fingerprint density at radius 1 is 0.786 bits per heavy atom. The lowest BCUT2D eigenvalue weighted by Crippen LogP contribution is -1.95. The molecule has 0 aliphatic heterocycles. The monoisotopic (exact) mass is 196 g/mol. The van der Waals surface area contributed by atoms with Crippen molar-refractivity contribution < 1.29 is 10.2 Å². The topological polar surface area (TPSA) is 40.5 Å². The molecule has 80 valence electrons. The van der Waals surface area contributed by atoms with Crippen molar-refractivity contribution in [1.82, 2.24) is 0 Å². The van der Waals surface area contributed by atoms with Crippen LogP contribution in [0, 0.1) is 11.8 Å². The Hall–Kier alpha value is -1.18. The third kappa shape index (κ3) is 5.46. The third-order valence-electron chi connectivity index (χ3n) is 2.22. The first-order chi connectivity index (χ1) is 6.45. The normalized spacial score (nSPS) is 9.86. The molecule has 0 saturated heterocycles. The molecule has 2 heteroatoms. The molecule has 0 unspecified atom stereocenters. The number of phenolic OH excluding ortho intramolecular Hbond substituents is 2. The predicted octanol–water partition coefficient (Wildman–Crippen LogP) is 3.40. The van der Waals surface area contributed by atoms with E-state index in [2.05, 4.69) is 27.7 Å². The molecule has 2 N–H and O–H groups in total. The van der Waals surface area contributed by atoms with Crippen LogP contribution in [-0.4, -0.2) is 10.2 Å². The van der Waals surface area contributed by atoms with Crippen LogP contribution in [0.15, 0.2) is 24.3 Å². The number of aromatic hydroxyl groups is 2. The molecule has 2 nitrogen and oxygen atoms in total. The maximum absolute atomic E-state index is 8.67. The molecule has 0 fully saturated rings. The molecular formula is C12H20O2. The third-order valence-corrected chi connectivity index (χ3v) is 2.22. The van der Waals surface area contributed by atoms with Crippen molar-refractivity contribution >= 4 is 0 Å². The summed E-state index contributed by atoms with van der Waals surface area (Å²) in [5.74, 6) is 1.55. The summed E-state index contributed by atoms with van der Waals surface area (Å²) in [5.41, 5.74) is 0. The van der Waals surface area contributed by atoms with Gasteiger partial charge in [-0.1, -0.05) is 39.8 Å². The Labute approximate surface area is 86.2 Å². The first-order valence-corrected chi connectivity index (χ1v) is 4.92. The summed E-state index contributed by atoms with van der Waals surface area (Å²) in [6.45, 7) is 8.96. The van der Waals surface area contributed by atoms with E-state index >= 15 is 0 Å². The zero-order valence-corrected chi connectivity index (χ0v) is 9.36. The molecule has 0 bridgehead atoms. The van der Waals surface area contributed by atoms with E-state index in [1.807, 2.05) is 0 Å². The van der Waals surface area contributed by atoms with Gasteiger partial charge in [0.2, 0.25) is 0 Å². The van der Waals surface area contributed by atoms with E-state index in [-0.39, 0.29) is 11.5 Å². The van der Waals surface area contributed by atoms with Gasteiger partial charge in [0.05, 0.1) is 0 Å². The second kappa shape index (κ2) is 6.30. The summed E-state index contributed by atoms with van der Waals surface area (Å²) in [6.07, 6.45) is 0. The molecule has 0 heterocycles. The van der Waals surface area contributed by atoms with Crippen LogP contribution in [0.3, 0.4) is 0 Å². The van der Waals surface area contributed by atoms with E-state index in [1.54, 1.807) is 12.1 Å². The van der Waals surface area contributed by atoms with Gasteiger partial charge in [0.15, 0.2) is 11.5 Å². The number of hydrogen-bond donors (Lipinski definition) is 2. The second-order valence-corrected chi connectivity index (χ2v) is 3.98. The molecule has 0 spiro atoms. The van der Waals surface area contributed by atoms with Crippen LogP contribution in [0.5, 0.6) is 11.5 Å². The number of rotatable bonds is 1. The highest BCUT2D eigenvalue weighted by Gasteiger charge is 1.95. The minimum Gasteiger partial charge on any atom is -0.504 e. The van der Waals surface area contributed by atoms with Crippen LogP contribution in [0.25, 0.3) is 0 Å². The molecule has 1 aromatic carbocycles. The highest BCUT2D eigenvalue weighted by atomic mass is 16.3. The zero-order valence-electron chi connectivity index (χ0n) is 9.36. The zero-order chi connectivity index (χ0) is 11.1. The number of phenols is 2. The minimum atomic E-state index is -0.0764. The van der Waals surface area contributed by atoms with E-state index in [9.17, 15) is 0 Å². The summed E-state index contributed by atoms with van der Waals surface area (Å²) in [7, 11) is 0. The highest BCUT2D eigenvalue weighted by molar-refractivity contribution is 5.36. The van der Waals surface area contributed by atoms with Gasteiger partial charge in [0.25, 0.3) is 0 Å². The fraction of sp³-hybridized carbons (Fsp3) is 0.500. The summed E-state index contributed by atoms with van der Waals surface area (Å²) in [5, 5.41) is 17.3. The van der Waals surface area contributed by atoms with E-state index in [1.165, 1.54) is 12.1 Å². The predicted molar refractivity (Wildman–Crippen MR) is 59.4 cm³/mol. The van der Waals surface area contributed by atoms with Crippen molar-refractivity contribution in [3.8, 4) is 11.5 Å². The van der Waals surface area contributed by atoms with E-state index in [0.29, 0.717) is 0 Å². The van der Waals surface area contributed by atoms with Gasteiger partial charge in [0.1, 0.15) is 0 Å². The standard InChI is InChI=1S/C6H6O2.C6H14/c7-5-3-1-2-4-6(5)8;1-5(2)6(3)4/h1-4,7-8H;5-6H,1-4H3. The van der Waals surface area contributed by atoms with Crippen molar-refractivity contribution in [2.24, 2.45) is 11.8 Å². The molecule has 0 aliphatic rings. The summed E-state index contributed by atoms with van der Waals surface area (Å²) in [4.78, 5) is 0. The Kier molecular flexibility index (Phi) is 5.77. The maximum Gasteiger partial charge on any atom is 0.157 e. The first-order valence-electron chi connectivity index (χ1n) is 4.92. The largest absolute Gasteiger partial charge is 0.504 e. The Bertz CT molecular complexity index is 227. The van der Waals surface area contributed by atoms with E-state index < -0.39 is 0 Å². The lowest BCUT2D eigenvalue weighted by Gasteiger charge is -2.05. The van der Waals surface area contributed by atoms with Gasteiger partial charge >= 0.3 is 0 Å². The van der Waals surface area contributed by atoms with Gasteiger partial charge in [-0.2, -0.15) is 0 Å². The van der Waals surface area contributed by atoms with Crippen molar-refractivity contribution in [2.75, 3.05) is 0 Å². The quantitative estimate of drug-likeness (QED) is 0.676. The second-order valence-electron chi connectivity index (χ2n) is 3.98. The van der Waals surface area contributed by atoms with Crippen molar-refractivity contribution in [3.63, 3.8) is 0 Å². The lowest BCUT2D eigenvalue weighted by atomic mass is 10.0. The Morgan fingerprint density at radius 2 is 1.07 bits per heavy atom. The Balaban J connectivity index is 0.000000255. The first kappa shape index (κ1) is 12.8. The van der Waals surface area contributed by atoms with Gasteiger partial charge in [-0.05, 0) is 24.0 Å². The van der Waals surface area contributed by atoms with Crippen molar-refractivity contribution in [3.05, 3.63) is 24.3 Å².